The highest BCUT2D eigenvalue weighted by Crippen LogP contribution is 2.27. The lowest BCUT2D eigenvalue weighted by Crippen LogP contribution is -2.42. The first-order valence-corrected chi connectivity index (χ1v) is 8.12. The van der Waals surface area contributed by atoms with Crippen LogP contribution in [0, 0.1) is 18.6 Å². The van der Waals surface area contributed by atoms with Gasteiger partial charge in [-0.25, -0.2) is 8.78 Å². The van der Waals surface area contributed by atoms with Gasteiger partial charge >= 0.3 is 0 Å². The molecule has 1 heterocycles. The van der Waals surface area contributed by atoms with Gasteiger partial charge in [0.15, 0.2) is 0 Å². The summed E-state index contributed by atoms with van der Waals surface area (Å²) in [6.45, 7) is 3.49. The summed E-state index contributed by atoms with van der Waals surface area (Å²) in [4.78, 5) is 12.3. The van der Waals surface area contributed by atoms with E-state index in [0.29, 0.717) is 22.3 Å². The van der Waals surface area contributed by atoms with Crippen LogP contribution in [-0.4, -0.2) is 25.0 Å². The predicted octanol–water partition coefficient (Wildman–Crippen LogP) is 3.84. The summed E-state index contributed by atoms with van der Waals surface area (Å²) in [5.74, 6) is -1.10. The van der Waals surface area contributed by atoms with Crippen molar-refractivity contribution in [3.8, 4) is 11.1 Å². The van der Waals surface area contributed by atoms with E-state index in [1.807, 2.05) is 0 Å². The van der Waals surface area contributed by atoms with Crippen LogP contribution in [0.1, 0.15) is 28.8 Å². The number of rotatable bonds is 3. The molecule has 1 saturated heterocycles. The number of halogens is 3. The summed E-state index contributed by atoms with van der Waals surface area (Å²) in [5, 5.41) is 6.18. The molecule has 3 rings (SSSR count). The second-order valence-electron chi connectivity index (χ2n) is 6.15. The molecule has 1 amide bonds. The number of carbonyl (C=O) groups is 1. The Morgan fingerprint density at radius 1 is 1.08 bits per heavy atom. The van der Waals surface area contributed by atoms with E-state index in [4.69, 9.17) is 0 Å². The molecule has 6 heteroatoms. The Bertz CT molecular complexity index is 761. The molecule has 0 radical (unpaired) electrons. The van der Waals surface area contributed by atoms with Crippen LogP contribution in [0.4, 0.5) is 8.78 Å². The number of carbonyl (C=O) groups excluding carboxylic acids is 1. The van der Waals surface area contributed by atoms with Crippen molar-refractivity contribution in [1.82, 2.24) is 10.6 Å². The molecule has 2 aromatic rings. The van der Waals surface area contributed by atoms with Gasteiger partial charge < -0.3 is 10.6 Å². The molecule has 25 heavy (non-hydrogen) atoms. The standard InChI is InChI=1S/C19H20F2N2O.ClH/c1-12-10-14(20)3-5-16(12)17-4-2-13(11-18(17)21)19(24)23-15-6-8-22-9-7-15;/h2-5,10-11,15,22H,6-9H2,1H3,(H,23,24);1H. The van der Waals surface area contributed by atoms with E-state index in [1.54, 1.807) is 25.1 Å². The summed E-state index contributed by atoms with van der Waals surface area (Å²) in [6, 6.07) is 8.78. The largest absolute Gasteiger partial charge is 0.349 e. The number of hydrogen-bond acceptors (Lipinski definition) is 2. The molecule has 0 atom stereocenters. The molecule has 0 aromatic heterocycles. The van der Waals surface area contributed by atoms with Crippen LogP contribution in [-0.2, 0) is 0 Å². The fourth-order valence-corrected chi connectivity index (χ4v) is 3.04. The summed E-state index contributed by atoms with van der Waals surface area (Å²) in [5.41, 5.74) is 1.94. The van der Waals surface area contributed by atoms with Crippen molar-refractivity contribution in [2.24, 2.45) is 0 Å². The van der Waals surface area contributed by atoms with E-state index in [9.17, 15) is 13.6 Å². The average molecular weight is 367 g/mol. The van der Waals surface area contributed by atoms with Gasteiger partial charge in [-0.05, 0) is 68.2 Å². The molecule has 134 valence electrons. The Morgan fingerprint density at radius 3 is 2.40 bits per heavy atom. The number of piperidine rings is 1. The van der Waals surface area contributed by atoms with Crippen LogP contribution >= 0.6 is 12.4 Å². The first-order chi connectivity index (χ1) is 11.5. The lowest BCUT2D eigenvalue weighted by atomic mass is 9.98. The molecule has 0 saturated carbocycles. The van der Waals surface area contributed by atoms with E-state index in [-0.39, 0.29) is 30.2 Å². The SMILES string of the molecule is Cc1cc(F)ccc1-c1ccc(C(=O)NC2CCNCC2)cc1F.Cl. The molecule has 3 nitrogen and oxygen atoms in total. The minimum Gasteiger partial charge on any atom is -0.349 e. The highest BCUT2D eigenvalue weighted by Gasteiger charge is 2.18. The summed E-state index contributed by atoms with van der Waals surface area (Å²) >= 11 is 0. The zero-order valence-corrected chi connectivity index (χ0v) is 14.8. The minimum absolute atomic E-state index is 0. The van der Waals surface area contributed by atoms with E-state index >= 15 is 0 Å². The maximum atomic E-state index is 14.5. The van der Waals surface area contributed by atoms with Gasteiger partial charge in [0, 0.05) is 17.2 Å². The second-order valence-corrected chi connectivity index (χ2v) is 6.15. The Balaban J connectivity index is 0.00000225. The molecule has 1 fully saturated rings. The topological polar surface area (TPSA) is 41.1 Å². The highest BCUT2D eigenvalue weighted by molar-refractivity contribution is 5.95. The summed E-state index contributed by atoms with van der Waals surface area (Å²) in [7, 11) is 0. The Hall–Kier alpha value is -1.98. The van der Waals surface area contributed by atoms with Crippen molar-refractivity contribution in [3.63, 3.8) is 0 Å². The smallest absolute Gasteiger partial charge is 0.251 e. The first kappa shape index (κ1) is 19.3. The second kappa shape index (κ2) is 8.41. The van der Waals surface area contributed by atoms with Gasteiger partial charge in [-0.15, -0.1) is 12.4 Å². The first-order valence-electron chi connectivity index (χ1n) is 8.12. The van der Waals surface area contributed by atoms with Crippen molar-refractivity contribution in [2.75, 3.05) is 13.1 Å². The van der Waals surface area contributed by atoms with E-state index in [1.165, 1.54) is 18.2 Å². The van der Waals surface area contributed by atoms with E-state index in [0.717, 1.165) is 25.9 Å². The third-order valence-electron chi connectivity index (χ3n) is 4.38. The molecular formula is C19H21ClF2N2O. The van der Waals surface area contributed by atoms with Gasteiger partial charge in [-0.2, -0.15) is 0 Å². The number of nitrogens with one attached hydrogen (secondary N) is 2. The predicted molar refractivity (Wildman–Crippen MR) is 97.1 cm³/mol. The van der Waals surface area contributed by atoms with Crippen LogP contribution < -0.4 is 10.6 Å². The van der Waals surface area contributed by atoms with Crippen LogP contribution in [0.5, 0.6) is 0 Å². The molecule has 2 aromatic carbocycles. The molecule has 1 aliphatic heterocycles. The average Bonchev–Trinajstić information content (AvgIpc) is 2.56. The third-order valence-corrected chi connectivity index (χ3v) is 4.38. The van der Waals surface area contributed by atoms with Crippen LogP contribution in [0.15, 0.2) is 36.4 Å². The highest BCUT2D eigenvalue weighted by atomic mass is 35.5. The Morgan fingerprint density at radius 2 is 1.76 bits per heavy atom. The Labute approximate surface area is 152 Å². The van der Waals surface area contributed by atoms with Crippen molar-refractivity contribution >= 4 is 18.3 Å². The van der Waals surface area contributed by atoms with Gasteiger partial charge in [-0.1, -0.05) is 12.1 Å². The molecule has 2 N–H and O–H groups in total. The lowest BCUT2D eigenvalue weighted by Gasteiger charge is -2.23. The molecule has 0 unspecified atom stereocenters. The molecule has 0 aliphatic carbocycles. The van der Waals surface area contributed by atoms with Crippen molar-refractivity contribution in [3.05, 3.63) is 59.2 Å². The van der Waals surface area contributed by atoms with Gasteiger partial charge in [0.25, 0.3) is 5.91 Å². The maximum absolute atomic E-state index is 14.5. The maximum Gasteiger partial charge on any atom is 0.251 e. The van der Waals surface area contributed by atoms with Crippen LogP contribution in [0.3, 0.4) is 0 Å². The normalized spacial score (nSPS) is 14.7. The molecular weight excluding hydrogens is 346 g/mol. The van der Waals surface area contributed by atoms with Gasteiger partial charge in [-0.3, -0.25) is 4.79 Å². The quantitative estimate of drug-likeness (QED) is 0.866. The molecule has 1 aliphatic rings. The fourth-order valence-electron chi connectivity index (χ4n) is 3.04. The van der Waals surface area contributed by atoms with E-state index < -0.39 is 5.82 Å². The molecule has 0 spiro atoms. The zero-order valence-electron chi connectivity index (χ0n) is 13.9. The van der Waals surface area contributed by atoms with Crippen LogP contribution in [0.2, 0.25) is 0 Å². The van der Waals surface area contributed by atoms with Gasteiger partial charge in [0.2, 0.25) is 0 Å². The fraction of sp³-hybridized carbons (Fsp3) is 0.316. The number of amides is 1. The number of hydrogen-bond donors (Lipinski definition) is 2. The third kappa shape index (κ3) is 4.55. The van der Waals surface area contributed by atoms with Crippen molar-refractivity contribution in [2.45, 2.75) is 25.8 Å². The zero-order chi connectivity index (χ0) is 17.1. The van der Waals surface area contributed by atoms with Crippen LogP contribution in [0.25, 0.3) is 11.1 Å². The van der Waals surface area contributed by atoms with Crippen molar-refractivity contribution in [1.29, 1.82) is 0 Å². The minimum atomic E-state index is -0.484. The summed E-state index contributed by atoms with van der Waals surface area (Å²) in [6.07, 6.45) is 1.75. The van der Waals surface area contributed by atoms with E-state index in [2.05, 4.69) is 10.6 Å². The summed E-state index contributed by atoms with van der Waals surface area (Å²) < 4.78 is 27.7. The number of aryl methyl sites for hydroxylation is 1. The van der Waals surface area contributed by atoms with Crippen molar-refractivity contribution < 1.29 is 13.6 Å². The van der Waals surface area contributed by atoms with Gasteiger partial charge in [0.1, 0.15) is 11.6 Å². The molecule has 0 bridgehead atoms. The monoisotopic (exact) mass is 366 g/mol. The lowest BCUT2D eigenvalue weighted by molar-refractivity contribution is 0.0929. The van der Waals surface area contributed by atoms with Gasteiger partial charge in [0.05, 0.1) is 0 Å². The Kier molecular flexibility index (Phi) is 6.51. The number of benzene rings is 2.